The first-order valence-corrected chi connectivity index (χ1v) is 9.63. The predicted octanol–water partition coefficient (Wildman–Crippen LogP) is 2.42. The van der Waals surface area contributed by atoms with E-state index in [-0.39, 0.29) is 23.6 Å². The van der Waals surface area contributed by atoms with E-state index >= 15 is 0 Å². The minimum absolute atomic E-state index is 0.231. The van der Waals surface area contributed by atoms with Crippen LogP contribution in [-0.4, -0.2) is 27.6 Å². The lowest BCUT2D eigenvalue weighted by Crippen LogP contribution is -2.15. The van der Waals surface area contributed by atoms with Gasteiger partial charge in [0.1, 0.15) is 11.6 Å². The molecule has 152 valence electrons. The first kappa shape index (κ1) is 18.7. The summed E-state index contributed by atoms with van der Waals surface area (Å²) in [6, 6.07) is 8.94. The van der Waals surface area contributed by atoms with Gasteiger partial charge in [0.05, 0.1) is 34.8 Å². The maximum absolute atomic E-state index is 12.2. The monoisotopic (exact) mass is 412 g/mol. The van der Waals surface area contributed by atoms with Crippen LogP contribution in [0.15, 0.2) is 30.5 Å². The summed E-state index contributed by atoms with van der Waals surface area (Å²) in [5.74, 6) is -1.40. The van der Waals surface area contributed by atoms with Crippen LogP contribution in [0.1, 0.15) is 22.3 Å². The van der Waals surface area contributed by atoms with E-state index in [1.54, 1.807) is 24.3 Å². The zero-order valence-electron chi connectivity index (χ0n) is 16.4. The number of pyridine rings is 2. The summed E-state index contributed by atoms with van der Waals surface area (Å²) >= 11 is 0. The molecule has 0 saturated heterocycles. The molecule has 4 N–H and O–H groups in total. The smallest absolute Gasteiger partial charge is 0.296 e. The van der Waals surface area contributed by atoms with Gasteiger partial charge in [-0.2, -0.15) is 5.26 Å². The second kappa shape index (κ2) is 6.60. The van der Waals surface area contributed by atoms with Crippen molar-refractivity contribution in [1.29, 1.82) is 5.26 Å². The number of fused-ring (bicyclic) bond motifs is 2. The molecule has 2 atom stereocenters. The van der Waals surface area contributed by atoms with Crippen molar-refractivity contribution in [1.82, 2.24) is 9.97 Å². The Labute approximate surface area is 176 Å². The molecule has 9 heteroatoms. The second-order valence-corrected chi connectivity index (χ2v) is 7.75. The molecule has 2 amide bonds. The van der Waals surface area contributed by atoms with Crippen LogP contribution in [0.4, 0.5) is 17.3 Å². The van der Waals surface area contributed by atoms with Gasteiger partial charge in [-0.05, 0) is 48.6 Å². The number of amides is 2. The van der Waals surface area contributed by atoms with Crippen molar-refractivity contribution in [2.45, 2.75) is 13.3 Å². The van der Waals surface area contributed by atoms with Crippen LogP contribution < -0.4 is 16.4 Å². The SMILES string of the molecule is Cc1cc2c(cc1-c1cc3cc(NC(=O)[C@@H]4C[C@H]4C#N)ncc3c(N)n1)C(=O)C(=O)N2. The highest BCUT2D eigenvalue weighted by molar-refractivity contribution is 6.51. The van der Waals surface area contributed by atoms with E-state index in [0.29, 0.717) is 45.5 Å². The van der Waals surface area contributed by atoms with Gasteiger partial charge in [0.2, 0.25) is 5.91 Å². The van der Waals surface area contributed by atoms with Crippen molar-refractivity contribution in [2.24, 2.45) is 11.8 Å². The topological polar surface area (TPSA) is 151 Å². The number of hydrogen-bond donors (Lipinski definition) is 3. The number of nitrogens with two attached hydrogens (primary N) is 1. The van der Waals surface area contributed by atoms with Gasteiger partial charge in [0, 0.05) is 17.1 Å². The number of aryl methyl sites for hydroxylation is 1. The van der Waals surface area contributed by atoms with Crippen molar-refractivity contribution in [3.05, 3.63) is 41.6 Å². The Hall–Kier alpha value is -4.32. The highest BCUT2D eigenvalue weighted by Gasteiger charge is 2.43. The number of Topliss-reactive ketones (excluding diaryl/α,β-unsaturated/α-hetero) is 1. The largest absolute Gasteiger partial charge is 0.383 e. The maximum atomic E-state index is 12.2. The van der Waals surface area contributed by atoms with Crippen LogP contribution in [0.25, 0.3) is 22.0 Å². The summed E-state index contributed by atoms with van der Waals surface area (Å²) in [7, 11) is 0. The number of nitrogen functional groups attached to an aromatic ring is 1. The fourth-order valence-electron chi connectivity index (χ4n) is 3.80. The first-order valence-electron chi connectivity index (χ1n) is 9.63. The van der Waals surface area contributed by atoms with E-state index < -0.39 is 11.7 Å². The van der Waals surface area contributed by atoms with Gasteiger partial charge >= 0.3 is 0 Å². The molecule has 1 aliphatic heterocycles. The zero-order chi connectivity index (χ0) is 21.9. The highest BCUT2D eigenvalue weighted by atomic mass is 16.2. The number of rotatable bonds is 3. The minimum Gasteiger partial charge on any atom is -0.383 e. The Balaban J connectivity index is 1.54. The fraction of sp³-hybridized carbons (Fsp3) is 0.182. The molecule has 2 aromatic heterocycles. The summed E-state index contributed by atoms with van der Waals surface area (Å²) in [5.41, 5.74) is 8.95. The number of benzene rings is 1. The molecule has 9 nitrogen and oxygen atoms in total. The highest BCUT2D eigenvalue weighted by Crippen LogP contribution is 2.39. The number of aromatic nitrogens is 2. The normalized spacial score (nSPS) is 19.0. The minimum atomic E-state index is -0.654. The molecule has 1 fully saturated rings. The van der Waals surface area contributed by atoms with Crippen LogP contribution in [-0.2, 0) is 9.59 Å². The predicted molar refractivity (Wildman–Crippen MR) is 113 cm³/mol. The van der Waals surface area contributed by atoms with E-state index in [2.05, 4.69) is 26.7 Å². The van der Waals surface area contributed by atoms with Crippen LogP contribution in [0, 0.1) is 30.1 Å². The summed E-state index contributed by atoms with van der Waals surface area (Å²) < 4.78 is 0. The molecular weight excluding hydrogens is 396 g/mol. The Morgan fingerprint density at radius 1 is 1.26 bits per heavy atom. The Bertz CT molecular complexity index is 1370. The van der Waals surface area contributed by atoms with E-state index in [0.717, 1.165) is 5.56 Å². The molecular formula is C22H16N6O3. The summed E-state index contributed by atoms with van der Waals surface area (Å²) in [6.45, 7) is 1.85. The van der Waals surface area contributed by atoms with Gasteiger partial charge in [0.15, 0.2) is 0 Å². The quantitative estimate of drug-likeness (QED) is 0.559. The molecule has 1 aromatic carbocycles. The Morgan fingerprint density at radius 3 is 2.81 bits per heavy atom. The van der Waals surface area contributed by atoms with Gasteiger partial charge in [-0.25, -0.2) is 9.97 Å². The first-order chi connectivity index (χ1) is 14.9. The molecule has 3 aromatic rings. The molecule has 0 radical (unpaired) electrons. The number of nitriles is 1. The summed E-state index contributed by atoms with van der Waals surface area (Å²) in [6.07, 6.45) is 2.10. The average molecular weight is 412 g/mol. The van der Waals surface area contributed by atoms with E-state index in [9.17, 15) is 14.4 Å². The third kappa shape index (κ3) is 3.05. The van der Waals surface area contributed by atoms with Crippen molar-refractivity contribution in [3.8, 4) is 17.3 Å². The molecule has 1 aliphatic carbocycles. The molecule has 0 unspecified atom stereocenters. The number of ketones is 1. The van der Waals surface area contributed by atoms with Crippen LogP contribution in [0.3, 0.4) is 0 Å². The number of nitrogens with one attached hydrogen (secondary N) is 2. The van der Waals surface area contributed by atoms with Crippen molar-refractivity contribution < 1.29 is 14.4 Å². The third-order valence-corrected chi connectivity index (χ3v) is 5.63. The lowest BCUT2D eigenvalue weighted by molar-refractivity contribution is -0.117. The Morgan fingerprint density at radius 2 is 2.06 bits per heavy atom. The maximum Gasteiger partial charge on any atom is 0.296 e. The Kier molecular flexibility index (Phi) is 3.98. The number of carbonyl (C=O) groups is 3. The zero-order valence-corrected chi connectivity index (χ0v) is 16.4. The standard InChI is InChI=1S/C22H16N6O3/c1-9-2-16-14(19(29)22(31)27-16)6-12(9)17-4-10-5-18(25-8-15(10)20(24)26-17)28-21(30)13-3-11(13)7-23/h2,4-6,8,11,13H,3H2,1H3,(H2,24,26)(H,25,28,30)(H,27,29,31)/t11-,13+/m0/s1. The molecule has 0 spiro atoms. The molecule has 2 aliphatic rings. The van der Waals surface area contributed by atoms with Gasteiger partial charge < -0.3 is 16.4 Å². The summed E-state index contributed by atoms with van der Waals surface area (Å²) in [5, 5.41) is 15.5. The van der Waals surface area contributed by atoms with Crippen molar-refractivity contribution in [2.75, 3.05) is 16.4 Å². The van der Waals surface area contributed by atoms with Gasteiger partial charge in [-0.3, -0.25) is 14.4 Å². The molecule has 0 bridgehead atoms. The number of anilines is 3. The van der Waals surface area contributed by atoms with Gasteiger partial charge in [0.25, 0.3) is 11.7 Å². The number of nitrogens with zero attached hydrogens (tertiary/aromatic N) is 3. The number of hydrogen-bond acceptors (Lipinski definition) is 7. The lowest BCUT2D eigenvalue weighted by Gasteiger charge is -2.11. The van der Waals surface area contributed by atoms with Gasteiger partial charge in [-0.1, -0.05) is 0 Å². The molecule has 1 saturated carbocycles. The molecule has 31 heavy (non-hydrogen) atoms. The van der Waals surface area contributed by atoms with Crippen molar-refractivity contribution >= 4 is 45.7 Å². The average Bonchev–Trinajstić information content (AvgIpc) is 3.48. The van der Waals surface area contributed by atoms with E-state index in [4.69, 9.17) is 11.0 Å². The van der Waals surface area contributed by atoms with Gasteiger partial charge in [-0.15, -0.1) is 0 Å². The molecule has 5 rings (SSSR count). The number of carbonyl (C=O) groups excluding carboxylic acids is 3. The van der Waals surface area contributed by atoms with Crippen LogP contribution >= 0.6 is 0 Å². The lowest BCUT2D eigenvalue weighted by atomic mass is 9.98. The molecule has 3 heterocycles. The van der Waals surface area contributed by atoms with Crippen LogP contribution in [0.2, 0.25) is 0 Å². The van der Waals surface area contributed by atoms with Crippen molar-refractivity contribution in [3.63, 3.8) is 0 Å². The third-order valence-electron chi connectivity index (χ3n) is 5.63. The van der Waals surface area contributed by atoms with E-state index in [1.165, 1.54) is 6.20 Å². The second-order valence-electron chi connectivity index (χ2n) is 7.75. The van der Waals surface area contributed by atoms with Crippen LogP contribution in [0.5, 0.6) is 0 Å². The summed E-state index contributed by atoms with van der Waals surface area (Å²) in [4.78, 5) is 44.7. The van der Waals surface area contributed by atoms with E-state index in [1.807, 2.05) is 6.92 Å². The fourth-order valence-corrected chi connectivity index (χ4v) is 3.80.